The van der Waals surface area contributed by atoms with Crippen molar-refractivity contribution < 1.29 is 24.3 Å². The van der Waals surface area contributed by atoms with E-state index in [0.29, 0.717) is 30.6 Å². The van der Waals surface area contributed by atoms with E-state index in [1.165, 1.54) is 17.9 Å². The van der Waals surface area contributed by atoms with Gasteiger partial charge in [0.05, 0.1) is 0 Å². The maximum atomic E-state index is 12.9. The highest BCUT2D eigenvalue weighted by atomic mass is 16.4. The van der Waals surface area contributed by atoms with Gasteiger partial charge in [-0.3, -0.25) is 14.4 Å². The summed E-state index contributed by atoms with van der Waals surface area (Å²) in [4.78, 5) is 49.4. The number of hydrogen-bond donors (Lipinski definition) is 3. The molecular weight excluding hydrogens is 350 g/mol. The molecule has 1 unspecified atom stereocenters. The lowest BCUT2D eigenvalue weighted by atomic mass is 10.0. The molecule has 1 fully saturated rings. The van der Waals surface area contributed by atoms with Gasteiger partial charge in [-0.15, -0.1) is 0 Å². The lowest BCUT2D eigenvalue weighted by Gasteiger charge is -2.29. The summed E-state index contributed by atoms with van der Waals surface area (Å²) in [5.41, 5.74) is 0.781. The number of benzene rings is 1. The topological polar surface area (TPSA) is 116 Å². The molecule has 1 heterocycles. The van der Waals surface area contributed by atoms with Crippen molar-refractivity contribution in [2.75, 3.05) is 11.9 Å². The third-order valence-electron chi connectivity index (χ3n) is 4.49. The van der Waals surface area contributed by atoms with Crippen LogP contribution in [0.25, 0.3) is 0 Å². The summed E-state index contributed by atoms with van der Waals surface area (Å²) < 4.78 is 0. The summed E-state index contributed by atoms with van der Waals surface area (Å²) in [5, 5.41) is 14.6. The van der Waals surface area contributed by atoms with E-state index in [1.54, 1.807) is 32.0 Å². The van der Waals surface area contributed by atoms with E-state index in [1.807, 2.05) is 0 Å². The Balaban J connectivity index is 2.16. The van der Waals surface area contributed by atoms with Gasteiger partial charge in [-0.05, 0) is 37.0 Å². The maximum absolute atomic E-state index is 12.9. The summed E-state index contributed by atoms with van der Waals surface area (Å²) in [6, 6.07) is 4.71. The quantitative estimate of drug-likeness (QED) is 0.696. The van der Waals surface area contributed by atoms with Crippen LogP contribution in [-0.2, 0) is 14.4 Å². The summed E-state index contributed by atoms with van der Waals surface area (Å²) >= 11 is 0. The Labute approximate surface area is 157 Å². The molecule has 2 atom stereocenters. The van der Waals surface area contributed by atoms with E-state index in [9.17, 15) is 24.3 Å². The minimum absolute atomic E-state index is 0.213. The molecule has 0 radical (unpaired) electrons. The molecule has 146 valence electrons. The standard InChI is InChI=1S/C19H25N3O5/c1-11(2)16(18(25)22-9-5-8-15(22)19(26)27)21-17(24)13-6-4-7-14(10-13)20-12(3)23/h4,6-7,10-11,15-16H,5,8-9H2,1-3H3,(H,20,23)(H,21,24)(H,26,27)/t15-,16?/m0/s1. The Morgan fingerprint density at radius 3 is 2.52 bits per heavy atom. The van der Waals surface area contributed by atoms with Crippen molar-refractivity contribution in [2.45, 2.75) is 45.7 Å². The molecule has 1 aromatic rings. The number of aliphatic carboxylic acids is 1. The molecule has 0 aliphatic carbocycles. The van der Waals surface area contributed by atoms with Crippen molar-refractivity contribution >= 4 is 29.4 Å². The zero-order valence-corrected chi connectivity index (χ0v) is 15.7. The van der Waals surface area contributed by atoms with E-state index >= 15 is 0 Å². The van der Waals surface area contributed by atoms with Gasteiger partial charge < -0.3 is 20.6 Å². The third kappa shape index (κ3) is 5.06. The van der Waals surface area contributed by atoms with Crippen molar-refractivity contribution in [3.63, 3.8) is 0 Å². The fraction of sp³-hybridized carbons (Fsp3) is 0.474. The van der Waals surface area contributed by atoms with E-state index in [-0.39, 0.29) is 17.7 Å². The Bertz CT molecular complexity index is 747. The molecule has 1 aliphatic heterocycles. The maximum Gasteiger partial charge on any atom is 0.326 e. The van der Waals surface area contributed by atoms with Gasteiger partial charge in [-0.25, -0.2) is 4.79 Å². The zero-order valence-electron chi connectivity index (χ0n) is 15.7. The first kappa shape index (κ1) is 20.4. The normalized spacial score (nSPS) is 17.5. The summed E-state index contributed by atoms with van der Waals surface area (Å²) in [7, 11) is 0. The summed E-state index contributed by atoms with van der Waals surface area (Å²) in [5.74, 6) is -2.34. The van der Waals surface area contributed by atoms with E-state index < -0.39 is 24.0 Å². The summed E-state index contributed by atoms with van der Waals surface area (Å²) in [6.07, 6.45) is 1.04. The monoisotopic (exact) mass is 375 g/mol. The van der Waals surface area contributed by atoms with Gasteiger partial charge in [0.1, 0.15) is 12.1 Å². The summed E-state index contributed by atoms with van der Waals surface area (Å²) in [6.45, 7) is 5.33. The number of carboxylic acid groups (broad SMARTS) is 1. The van der Waals surface area contributed by atoms with Gasteiger partial charge in [0.2, 0.25) is 11.8 Å². The van der Waals surface area contributed by atoms with Crippen LogP contribution in [0.3, 0.4) is 0 Å². The predicted octanol–water partition coefficient (Wildman–Crippen LogP) is 1.47. The highest BCUT2D eigenvalue weighted by Gasteiger charge is 2.38. The second kappa shape index (κ2) is 8.66. The van der Waals surface area contributed by atoms with Crippen molar-refractivity contribution in [3.8, 4) is 0 Å². The second-order valence-electron chi connectivity index (χ2n) is 6.99. The average molecular weight is 375 g/mol. The molecule has 1 aromatic carbocycles. The number of carbonyl (C=O) groups excluding carboxylic acids is 3. The van der Waals surface area contributed by atoms with Crippen molar-refractivity contribution in [2.24, 2.45) is 5.92 Å². The fourth-order valence-electron chi connectivity index (χ4n) is 3.15. The smallest absolute Gasteiger partial charge is 0.326 e. The van der Waals surface area contributed by atoms with Crippen LogP contribution in [0.15, 0.2) is 24.3 Å². The van der Waals surface area contributed by atoms with Crippen LogP contribution < -0.4 is 10.6 Å². The molecule has 0 saturated carbocycles. The molecule has 8 heteroatoms. The number of rotatable bonds is 6. The fourth-order valence-corrected chi connectivity index (χ4v) is 3.15. The first-order valence-electron chi connectivity index (χ1n) is 8.92. The van der Waals surface area contributed by atoms with Gasteiger partial charge in [-0.1, -0.05) is 19.9 Å². The second-order valence-corrected chi connectivity index (χ2v) is 6.99. The molecule has 8 nitrogen and oxygen atoms in total. The van der Waals surface area contributed by atoms with Crippen molar-refractivity contribution in [3.05, 3.63) is 29.8 Å². The van der Waals surface area contributed by atoms with Crippen LogP contribution in [-0.4, -0.2) is 52.3 Å². The number of amides is 3. The lowest BCUT2D eigenvalue weighted by Crippen LogP contribution is -2.53. The van der Waals surface area contributed by atoms with Crippen molar-refractivity contribution in [1.29, 1.82) is 0 Å². The Hall–Kier alpha value is -2.90. The molecule has 0 spiro atoms. The molecule has 1 saturated heterocycles. The molecule has 1 aliphatic rings. The van der Waals surface area contributed by atoms with Crippen molar-refractivity contribution in [1.82, 2.24) is 10.2 Å². The Morgan fingerprint density at radius 1 is 1.22 bits per heavy atom. The molecule has 0 aromatic heterocycles. The van der Waals surface area contributed by atoms with Gasteiger partial charge >= 0.3 is 5.97 Å². The third-order valence-corrected chi connectivity index (χ3v) is 4.49. The van der Waals surface area contributed by atoms with Crippen LogP contribution >= 0.6 is 0 Å². The van der Waals surface area contributed by atoms with E-state index in [4.69, 9.17) is 0 Å². The molecule has 3 N–H and O–H groups in total. The first-order chi connectivity index (χ1) is 12.7. The van der Waals surface area contributed by atoms with Gasteiger partial charge in [0, 0.05) is 24.7 Å². The van der Waals surface area contributed by atoms with Crippen LogP contribution in [0.1, 0.15) is 44.0 Å². The minimum Gasteiger partial charge on any atom is -0.480 e. The number of carbonyl (C=O) groups is 4. The SMILES string of the molecule is CC(=O)Nc1cccc(C(=O)NC(C(=O)N2CCC[C@H]2C(=O)O)C(C)C)c1. The Morgan fingerprint density at radius 2 is 1.93 bits per heavy atom. The van der Waals surface area contributed by atoms with Crippen LogP contribution in [0.4, 0.5) is 5.69 Å². The van der Waals surface area contributed by atoms with Crippen LogP contribution in [0.2, 0.25) is 0 Å². The van der Waals surface area contributed by atoms with Gasteiger partial charge in [0.15, 0.2) is 0 Å². The Kier molecular flexibility index (Phi) is 6.55. The average Bonchev–Trinajstić information content (AvgIpc) is 3.08. The van der Waals surface area contributed by atoms with Crippen LogP contribution in [0, 0.1) is 5.92 Å². The molecule has 27 heavy (non-hydrogen) atoms. The molecule has 2 rings (SSSR count). The van der Waals surface area contributed by atoms with E-state index in [0.717, 1.165) is 0 Å². The van der Waals surface area contributed by atoms with Gasteiger partial charge in [-0.2, -0.15) is 0 Å². The molecule has 0 bridgehead atoms. The number of likely N-dealkylation sites (tertiary alicyclic amines) is 1. The minimum atomic E-state index is -1.03. The highest BCUT2D eigenvalue weighted by molar-refractivity contribution is 5.99. The number of nitrogens with zero attached hydrogens (tertiary/aromatic N) is 1. The number of hydrogen-bond acceptors (Lipinski definition) is 4. The lowest BCUT2D eigenvalue weighted by molar-refractivity contribution is -0.149. The molecular formula is C19H25N3O5. The van der Waals surface area contributed by atoms with Gasteiger partial charge in [0.25, 0.3) is 5.91 Å². The zero-order chi connectivity index (χ0) is 20.1. The van der Waals surface area contributed by atoms with E-state index in [2.05, 4.69) is 10.6 Å². The number of nitrogens with one attached hydrogen (secondary N) is 2. The predicted molar refractivity (Wildman–Crippen MR) is 99.2 cm³/mol. The first-order valence-corrected chi connectivity index (χ1v) is 8.92. The number of carboxylic acids is 1. The molecule has 3 amide bonds. The largest absolute Gasteiger partial charge is 0.480 e. The van der Waals surface area contributed by atoms with Crippen LogP contribution in [0.5, 0.6) is 0 Å². The highest BCUT2D eigenvalue weighted by Crippen LogP contribution is 2.21. The number of anilines is 1.